The van der Waals surface area contributed by atoms with Gasteiger partial charge in [-0.1, -0.05) is 0 Å². The van der Waals surface area contributed by atoms with Gasteiger partial charge in [0.25, 0.3) is 5.17 Å². The third kappa shape index (κ3) is 2.83. The lowest BCUT2D eigenvalue weighted by molar-refractivity contribution is -0.128. The SMILES string of the molecule is CSCC[C@@H](N)C(=O)N1CCOC1=S. The van der Waals surface area contributed by atoms with Gasteiger partial charge in [-0.05, 0) is 30.6 Å². The van der Waals surface area contributed by atoms with Crippen LogP contribution in [0.2, 0.25) is 0 Å². The number of nitrogens with two attached hydrogens (primary N) is 1. The van der Waals surface area contributed by atoms with Gasteiger partial charge in [0, 0.05) is 0 Å². The van der Waals surface area contributed by atoms with Gasteiger partial charge in [-0.25, -0.2) is 0 Å². The lowest BCUT2D eigenvalue weighted by atomic mass is 10.2. The smallest absolute Gasteiger partial charge is 0.266 e. The van der Waals surface area contributed by atoms with Crippen molar-refractivity contribution in [1.82, 2.24) is 4.90 Å². The molecule has 1 aliphatic rings. The highest BCUT2D eigenvalue weighted by Crippen LogP contribution is 2.08. The monoisotopic (exact) mass is 234 g/mol. The Hall–Kier alpha value is -0.330. The molecule has 0 spiro atoms. The van der Waals surface area contributed by atoms with Crippen LogP contribution in [0.15, 0.2) is 0 Å². The summed E-state index contributed by atoms with van der Waals surface area (Å²) in [5.41, 5.74) is 5.73. The molecule has 2 N–H and O–H groups in total. The maximum atomic E-state index is 11.7. The summed E-state index contributed by atoms with van der Waals surface area (Å²) in [6.07, 6.45) is 2.67. The molecule has 0 aromatic heterocycles. The number of rotatable bonds is 4. The Bertz CT molecular complexity index is 235. The van der Waals surface area contributed by atoms with Crippen molar-refractivity contribution in [2.45, 2.75) is 12.5 Å². The summed E-state index contributed by atoms with van der Waals surface area (Å²) in [4.78, 5) is 13.1. The zero-order valence-electron chi connectivity index (χ0n) is 8.06. The molecule has 1 heterocycles. The molecule has 0 radical (unpaired) electrons. The topological polar surface area (TPSA) is 55.6 Å². The van der Waals surface area contributed by atoms with Crippen LogP contribution in [0.5, 0.6) is 0 Å². The van der Waals surface area contributed by atoms with Gasteiger partial charge in [-0.3, -0.25) is 9.69 Å². The summed E-state index contributed by atoms with van der Waals surface area (Å²) in [5, 5.41) is 0.259. The first-order chi connectivity index (χ1) is 6.66. The fourth-order valence-electron chi connectivity index (χ4n) is 1.16. The molecule has 1 atom stereocenters. The number of hydrogen-bond donors (Lipinski definition) is 1. The predicted octanol–water partition coefficient (Wildman–Crippen LogP) is 0.210. The van der Waals surface area contributed by atoms with Crippen LogP contribution in [-0.2, 0) is 9.53 Å². The Kier molecular flexibility index (Phi) is 4.64. The summed E-state index contributed by atoms with van der Waals surface area (Å²) < 4.78 is 5.02. The maximum Gasteiger partial charge on any atom is 0.266 e. The lowest BCUT2D eigenvalue weighted by Gasteiger charge is -2.17. The minimum Gasteiger partial charge on any atom is -0.469 e. The average molecular weight is 234 g/mol. The predicted molar refractivity (Wildman–Crippen MR) is 61.2 cm³/mol. The number of amides is 1. The van der Waals surface area contributed by atoms with E-state index in [1.807, 2.05) is 6.26 Å². The van der Waals surface area contributed by atoms with Gasteiger partial charge in [-0.2, -0.15) is 11.8 Å². The van der Waals surface area contributed by atoms with E-state index in [9.17, 15) is 4.79 Å². The minimum atomic E-state index is -0.456. The van der Waals surface area contributed by atoms with Gasteiger partial charge in [0.15, 0.2) is 0 Å². The first-order valence-electron chi connectivity index (χ1n) is 4.39. The van der Waals surface area contributed by atoms with Crippen molar-refractivity contribution in [3.63, 3.8) is 0 Å². The number of ether oxygens (including phenoxy) is 1. The second-order valence-corrected chi connectivity index (χ2v) is 4.33. The normalized spacial score (nSPS) is 18.1. The van der Waals surface area contributed by atoms with E-state index >= 15 is 0 Å². The van der Waals surface area contributed by atoms with E-state index in [0.717, 1.165) is 5.75 Å². The molecule has 1 amide bonds. The first kappa shape index (κ1) is 11.7. The number of thiocarbonyl (C=S) groups is 1. The van der Waals surface area contributed by atoms with Gasteiger partial charge in [-0.15, -0.1) is 0 Å². The van der Waals surface area contributed by atoms with E-state index in [-0.39, 0.29) is 11.1 Å². The van der Waals surface area contributed by atoms with Crippen molar-refractivity contribution < 1.29 is 9.53 Å². The molecule has 4 nitrogen and oxygen atoms in total. The zero-order chi connectivity index (χ0) is 10.6. The molecule has 0 aromatic rings. The Labute approximate surface area is 93.1 Å². The van der Waals surface area contributed by atoms with E-state index in [4.69, 9.17) is 22.7 Å². The van der Waals surface area contributed by atoms with E-state index in [1.54, 1.807) is 11.8 Å². The fourth-order valence-corrected chi connectivity index (χ4v) is 1.92. The van der Waals surface area contributed by atoms with E-state index in [1.165, 1.54) is 4.90 Å². The molecule has 1 aliphatic heterocycles. The summed E-state index contributed by atoms with van der Waals surface area (Å²) in [5.74, 6) is 0.760. The van der Waals surface area contributed by atoms with Crippen LogP contribution in [0, 0.1) is 0 Å². The van der Waals surface area contributed by atoms with Crippen LogP contribution in [0.4, 0.5) is 0 Å². The molecular weight excluding hydrogens is 220 g/mol. The number of thioether (sulfide) groups is 1. The number of hydrogen-bond acceptors (Lipinski definition) is 5. The maximum absolute atomic E-state index is 11.7. The molecule has 0 bridgehead atoms. The number of carbonyl (C=O) groups excluding carboxylic acids is 1. The highest BCUT2D eigenvalue weighted by atomic mass is 32.2. The molecular formula is C8H14N2O2S2. The minimum absolute atomic E-state index is 0.124. The van der Waals surface area contributed by atoms with Crippen LogP contribution in [0.3, 0.4) is 0 Å². The third-order valence-electron chi connectivity index (χ3n) is 1.98. The molecule has 80 valence electrons. The van der Waals surface area contributed by atoms with Crippen LogP contribution in [0.1, 0.15) is 6.42 Å². The first-order valence-corrected chi connectivity index (χ1v) is 6.19. The number of nitrogens with zero attached hydrogens (tertiary/aromatic N) is 1. The van der Waals surface area contributed by atoms with Gasteiger partial charge in [0.2, 0.25) is 5.91 Å². The standard InChI is InChI=1S/C8H14N2O2S2/c1-14-5-2-6(9)7(11)10-3-4-12-8(10)13/h6H,2-5,9H2,1H3/t6-/m1/s1. The molecule has 0 unspecified atom stereocenters. The van der Waals surface area contributed by atoms with E-state index < -0.39 is 6.04 Å². The Morgan fingerprint density at radius 1 is 1.86 bits per heavy atom. The van der Waals surface area contributed by atoms with Crippen molar-refractivity contribution in [3.05, 3.63) is 0 Å². The Morgan fingerprint density at radius 3 is 3.07 bits per heavy atom. The number of carbonyl (C=O) groups is 1. The van der Waals surface area contributed by atoms with Crippen LogP contribution < -0.4 is 5.73 Å². The van der Waals surface area contributed by atoms with E-state index in [2.05, 4.69) is 0 Å². The summed E-state index contributed by atoms with van der Waals surface area (Å²) in [6, 6.07) is -0.456. The third-order valence-corrected chi connectivity index (χ3v) is 2.96. The van der Waals surface area contributed by atoms with Crippen LogP contribution >= 0.6 is 24.0 Å². The summed E-state index contributed by atoms with van der Waals surface area (Å²) in [7, 11) is 0. The molecule has 6 heteroatoms. The Balaban J connectivity index is 2.43. The van der Waals surface area contributed by atoms with Crippen molar-refractivity contribution in [2.24, 2.45) is 5.73 Å². The molecule has 1 rings (SSSR count). The molecule has 1 fully saturated rings. The zero-order valence-corrected chi connectivity index (χ0v) is 9.70. The highest BCUT2D eigenvalue weighted by molar-refractivity contribution is 7.98. The van der Waals surface area contributed by atoms with Crippen LogP contribution in [-0.4, -0.2) is 47.2 Å². The van der Waals surface area contributed by atoms with Crippen molar-refractivity contribution in [2.75, 3.05) is 25.2 Å². The van der Waals surface area contributed by atoms with Crippen molar-refractivity contribution in [1.29, 1.82) is 0 Å². The van der Waals surface area contributed by atoms with Crippen molar-refractivity contribution in [3.8, 4) is 0 Å². The van der Waals surface area contributed by atoms with Crippen LogP contribution in [0.25, 0.3) is 0 Å². The van der Waals surface area contributed by atoms with Gasteiger partial charge < -0.3 is 10.5 Å². The quantitative estimate of drug-likeness (QED) is 0.705. The van der Waals surface area contributed by atoms with Gasteiger partial charge in [0.1, 0.15) is 6.61 Å². The van der Waals surface area contributed by atoms with Gasteiger partial charge >= 0.3 is 0 Å². The molecule has 0 saturated carbocycles. The van der Waals surface area contributed by atoms with E-state index in [0.29, 0.717) is 19.6 Å². The Morgan fingerprint density at radius 2 is 2.57 bits per heavy atom. The largest absolute Gasteiger partial charge is 0.469 e. The molecule has 14 heavy (non-hydrogen) atoms. The molecule has 1 saturated heterocycles. The summed E-state index contributed by atoms with van der Waals surface area (Å²) in [6.45, 7) is 1.02. The average Bonchev–Trinajstić information content (AvgIpc) is 2.59. The lowest BCUT2D eigenvalue weighted by Crippen LogP contribution is -2.44. The molecule has 0 aliphatic carbocycles. The van der Waals surface area contributed by atoms with Gasteiger partial charge in [0.05, 0.1) is 12.6 Å². The van der Waals surface area contributed by atoms with Crippen molar-refractivity contribution >= 4 is 35.1 Å². The fraction of sp³-hybridized carbons (Fsp3) is 0.750. The second kappa shape index (κ2) is 5.53. The second-order valence-electron chi connectivity index (χ2n) is 2.99. The highest BCUT2D eigenvalue weighted by Gasteiger charge is 2.28. The summed E-state index contributed by atoms with van der Waals surface area (Å²) >= 11 is 6.55. The molecule has 0 aromatic carbocycles.